The van der Waals surface area contributed by atoms with Crippen molar-refractivity contribution in [3.63, 3.8) is 0 Å². The number of ether oxygens (including phenoxy) is 2. The highest BCUT2D eigenvalue weighted by atomic mass is 35.5. The summed E-state index contributed by atoms with van der Waals surface area (Å²) in [6.07, 6.45) is 3.01. The highest BCUT2D eigenvalue weighted by Crippen LogP contribution is 2.17. The monoisotopic (exact) mass is 322 g/mol. The van der Waals surface area contributed by atoms with Gasteiger partial charge in [-0.2, -0.15) is 0 Å². The van der Waals surface area contributed by atoms with Crippen molar-refractivity contribution in [2.75, 3.05) is 33.0 Å². The summed E-state index contributed by atoms with van der Waals surface area (Å²) in [5.41, 5.74) is 5.67. The molecule has 0 aromatic rings. The van der Waals surface area contributed by atoms with Gasteiger partial charge in [-0.15, -0.1) is 12.4 Å². The summed E-state index contributed by atoms with van der Waals surface area (Å²) in [5.74, 6) is 0.551. The Morgan fingerprint density at radius 2 is 2.00 bits per heavy atom. The van der Waals surface area contributed by atoms with Gasteiger partial charge < -0.3 is 20.5 Å². The first-order chi connectivity index (χ1) is 9.41. The number of hydrogen-bond acceptors (Lipinski definition) is 4. The highest BCUT2D eigenvalue weighted by molar-refractivity contribution is 5.85. The molecule has 0 aromatic heterocycles. The molecule has 5 nitrogen and oxygen atoms in total. The van der Waals surface area contributed by atoms with E-state index in [0.29, 0.717) is 19.1 Å². The zero-order chi connectivity index (χ0) is 15.0. The second-order valence-corrected chi connectivity index (χ2v) is 6.62. The molecule has 1 rings (SSSR count). The van der Waals surface area contributed by atoms with E-state index in [4.69, 9.17) is 15.2 Å². The third-order valence-corrected chi connectivity index (χ3v) is 3.67. The Hall–Kier alpha value is -0.360. The van der Waals surface area contributed by atoms with E-state index in [0.717, 1.165) is 39.1 Å². The molecule has 21 heavy (non-hydrogen) atoms. The topological polar surface area (TPSA) is 73.6 Å². The molecule has 0 aliphatic carbocycles. The third kappa shape index (κ3) is 8.61. The summed E-state index contributed by atoms with van der Waals surface area (Å²) in [5, 5.41) is 2.86. The fourth-order valence-corrected chi connectivity index (χ4v) is 2.05. The largest absolute Gasteiger partial charge is 0.381 e. The molecule has 0 bridgehead atoms. The van der Waals surface area contributed by atoms with Crippen LogP contribution in [0.1, 0.15) is 40.0 Å². The Bertz CT molecular complexity index is 289. The highest BCUT2D eigenvalue weighted by Gasteiger charge is 2.26. The summed E-state index contributed by atoms with van der Waals surface area (Å²) < 4.78 is 11.0. The maximum Gasteiger partial charge on any atom is 0.237 e. The number of rotatable bonds is 7. The van der Waals surface area contributed by atoms with Gasteiger partial charge in [0.05, 0.1) is 6.04 Å². The van der Waals surface area contributed by atoms with Crippen LogP contribution in [0.15, 0.2) is 0 Å². The minimum Gasteiger partial charge on any atom is -0.381 e. The van der Waals surface area contributed by atoms with Gasteiger partial charge in [-0.25, -0.2) is 0 Å². The van der Waals surface area contributed by atoms with E-state index in [2.05, 4.69) is 5.32 Å². The lowest BCUT2D eigenvalue weighted by molar-refractivity contribution is -0.124. The van der Waals surface area contributed by atoms with Crippen LogP contribution < -0.4 is 11.1 Å². The van der Waals surface area contributed by atoms with Crippen molar-refractivity contribution < 1.29 is 14.3 Å². The number of carbonyl (C=O) groups excluding carboxylic acids is 1. The molecule has 1 amide bonds. The molecule has 1 fully saturated rings. The number of carbonyl (C=O) groups is 1. The van der Waals surface area contributed by atoms with Gasteiger partial charge in [0.25, 0.3) is 0 Å². The van der Waals surface area contributed by atoms with Gasteiger partial charge in [0.2, 0.25) is 5.91 Å². The number of nitrogens with two attached hydrogens (primary N) is 1. The Morgan fingerprint density at radius 3 is 2.57 bits per heavy atom. The van der Waals surface area contributed by atoms with E-state index in [-0.39, 0.29) is 23.7 Å². The molecule has 0 radical (unpaired) electrons. The molecule has 1 saturated heterocycles. The van der Waals surface area contributed by atoms with Gasteiger partial charge in [0, 0.05) is 33.0 Å². The first-order valence-corrected chi connectivity index (χ1v) is 7.60. The van der Waals surface area contributed by atoms with Crippen molar-refractivity contribution in [1.82, 2.24) is 5.32 Å². The predicted molar refractivity (Wildman–Crippen MR) is 86.7 cm³/mol. The summed E-state index contributed by atoms with van der Waals surface area (Å²) in [6, 6.07) is -0.467. The fraction of sp³-hybridized carbons (Fsp3) is 0.933. The van der Waals surface area contributed by atoms with Crippen molar-refractivity contribution in [2.45, 2.75) is 46.1 Å². The van der Waals surface area contributed by atoms with E-state index in [1.54, 1.807) is 0 Å². The summed E-state index contributed by atoms with van der Waals surface area (Å²) >= 11 is 0. The van der Waals surface area contributed by atoms with Crippen LogP contribution in [0.25, 0.3) is 0 Å². The van der Waals surface area contributed by atoms with Gasteiger partial charge in [-0.1, -0.05) is 20.8 Å². The van der Waals surface area contributed by atoms with Gasteiger partial charge in [0.1, 0.15) is 0 Å². The maximum absolute atomic E-state index is 11.8. The summed E-state index contributed by atoms with van der Waals surface area (Å²) in [4.78, 5) is 11.8. The smallest absolute Gasteiger partial charge is 0.237 e. The second kappa shape index (κ2) is 10.4. The van der Waals surface area contributed by atoms with Crippen LogP contribution in [-0.4, -0.2) is 44.9 Å². The van der Waals surface area contributed by atoms with Crippen molar-refractivity contribution in [2.24, 2.45) is 17.1 Å². The molecule has 1 atom stereocenters. The van der Waals surface area contributed by atoms with E-state index in [9.17, 15) is 4.79 Å². The Kier molecular flexibility index (Phi) is 10.2. The van der Waals surface area contributed by atoms with Crippen molar-refractivity contribution in [1.29, 1.82) is 0 Å². The van der Waals surface area contributed by atoms with Gasteiger partial charge >= 0.3 is 0 Å². The molecule has 0 unspecified atom stereocenters. The first-order valence-electron chi connectivity index (χ1n) is 7.60. The lowest BCUT2D eigenvalue weighted by Gasteiger charge is -2.25. The van der Waals surface area contributed by atoms with Crippen molar-refractivity contribution in [3.8, 4) is 0 Å². The molecule has 6 heteroatoms. The average Bonchev–Trinajstić information content (AvgIpc) is 2.41. The SMILES string of the molecule is CC(C)(C)[C@H](N)C(=O)NCCCOCC1CCOCC1.Cl. The molecule has 1 heterocycles. The van der Waals surface area contributed by atoms with E-state index in [1.807, 2.05) is 20.8 Å². The quantitative estimate of drug-likeness (QED) is 0.700. The minimum absolute atomic E-state index is 0. The van der Waals surface area contributed by atoms with Crippen LogP contribution in [0.3, 0.4) is 0 Å². The molecular weight excluding hydrogens is 292 g/mol. The zero-order valence-corrected chi connectivity index (χ0v) is 14.3. The molecule has 3 N–H and O–H groups in total. The van der Waals surface area contributed by atoms with Crippen molar-refractivity contribution in [3.05, 3.63) is 0 Å². The number of halogens is 1. The molecule has 1 aliphatic rings. The van der Waals surface area contributed by atoms with Crippen LogP contribution in [-0.2, 0) is 14.3 Å². The maximum atomic E-state index is 11.8. The number of hydrogen-bond donors (Lipinski definition) is 2. The van der Waals surface area contributed by atoms with Crippen LogP contribution in [0.5, 0.6) is 0 Å². The zero-order valence-electron chi connectivity index (χ0n) is 13.5. The number of nitrogens with one attached hydrogen (secondary N) is 1. The fourth-order valence-electron chi connectivity index (χ4n) is 2.05. The van der Waals surface area contributed by atoms with E-state index in [1.165, 1.54) is 0 Å². The predicted octanol–water partition coefficient (Wildman–Crippen LogP) is 1.73. The molecule has 126 valence electrons. The lowest BCUT2D eigenvalue weighted by atomic mass is 9.87. The van der Waals surface area contributed by atoms with Gasteiger partial charge in [0.15, 0.2) is 0 Å². The lowest BCUT2D eigenvalue weighted by Crippen LogP contribution is -2.48. The average molecular weight is 323 g/mol. The summed E-state index contributed by atoms with van der Waals surface area (Å²) in [6.45, 7) is 9.72. The third-order valence-electron chi connectivity index (χ3n) is 3.67. The van der Waals surface area contributed by atoms with Gasteiger partial charge in [-0.3, -0.25) is 4.79 Å². The summed E-state index contributed by atoms with van der Waals surface area (Å²) in [7, 11) is 0. The first kappa shape index (κ1) is 20.6. The Balaban J connectivity index is 0.00000400. The van der Waals surface area contributed by atoms with Crippen molar-refractivity contribution >= 4 is 18.3 Å². The van der Waals surface area contributed by atoms with Crippen LogP contribution in [0.2, 0.25) is 0 Å². The minimum atomic E-state index is -0.467. The molecular formula is C15H31ClN2O3. The van der Waals surface area contributed by atoms with E-state index < -0.39 is 6.04 Å². The Labute approximate surface area is 134 Å². The second-order valence-electron chi connectivity index (χ2n) is 6.62. The molecule has 0 spiro atoms. The van der Waals surface area contributed by atoms with Crippen LogP contribution in [0, 0.1) is 11.3 Å². The number of amides is 1. The Morgan fingerprint density at radius 1 is 1.38 bits per heavy atom. The normalized spacial score (nSPS) is 17.9. The van der Waals surface area contributed by atoms with Gasteiger partial charge in [-0.05, 0) is 30.6 Å². The molecule has 0 saturated carbocycles. The standard InChI is InChI=1S/C15H30N2O3.ClH/c1-15(2,3)13(16)14(18)17-7-4-8-20-11-12-5-9-19-10-6-12;/h12-13H,4-11,16H2,1-3H3,(H,17,18);1H/t13-;/m1./s1. The molecule has 1 aliphatic heterocycles. The van der Waals surface area contributed by atoms with Crippen LogP contribution in [0.4, 0.5) is 0 Å². The van der Waals surface area contributed by atoms with E-state index >= 15 is 0 Å². The van der Waals surface area contributed by atoms with Crippen LogP contribution >= 0.6 is 12.4 Å². The molecule has 0 aromatic carbocycles.